The van der Waals surface area contributed by atoms with Gasteiger partial charge in [-0.1, -0.05) is 30.3 Å². The van der Waals surface area contributed by atoms with Crippen LogP contribution in [0.15, 0.2) is 48.5 Å². The van der Waals surface area contributed by atoms with Crippen LogP contribution in [0.1, 0.15) is 24.0 Å². The maximum atomic E-state index is 12.1. The van der Waals surface area contributed by atoms with Gasteiger partial charge in [0.05, 0.1) is 0 Å². The molecule has 5 nitrogen and oxygen atoms in total. The van der Waals surface area contributed by atoms with Crippen LogP contribution in [0.2, 0.25) is 0 Å². The molecule has 4 rings (SSSR count). The van der Waals surface area contributed by atoms with Gasteiger partial charge in [0, 0.05) is 38.5 Å². The fourth-order valence-electron chi connectivity index (χ4n) is 3.80. The summed E-state index contributed by atoms with van der Waals surface area (Å²) in [5.74, 6) is 1.10. The number of nitrogens with one attached hydrogen (secondary N) is 1. The molecular formula is C22H26N2O3. The molecular weight excluding hydrogens is 340 g/mol. The van der Waals surface area contributed by atoms with Crippen LogP contribution >= 0.6 is 0 Å². The summed E-state index contributed by atoms with van der Waals surface area (Å²) < 4.78 is 10.8. The van der Waals surface area contributed by atoms with Gasteiger partial charge in [-0.15, -0.1) is 0 Å². The lowest BCUT2D eigenvalue weighted by atomic mass is 10.0. The molecule has 0 bridgehead atoms. The molecule has 1 N–H and O–H groups in total. The van der Waals surface area contributed by atoms with Crippen molar-refractivity contribution in [1.29, 1.82) is 0 Å². The monoisotopic (exact) mass is 366 g/mol. The molecule has 0 unspecified atom stereocenters. The van der Waals surface area contributed by atoms with Crippen molar-refractivity contribution in [3.63, 3.8) is 0 Å². The number of amides is 1. The standard InChI is InChI=1S/C22H26N2O3/c25-22(23-15-17-9-12-26-13-10-17)27-20-6-7-21-19(14-20)8-11-24(21)16-18-4-2-1-3-5-18/h1-7,14,17H,8-13,15-16H2,(H,23,25). The molecule has 0 aromatic heterocycles. The molecule has 142 valence electrons. The number of rotatable bonds is 5. The van der Waals surface area contributed by atoms with Gasteiger partial charge in [-0.05, 0) is 54.5 Å². The highest BCUT2D eigenvalue weighted by atomic mass is 16.6. The number of carbonyl (C=O) groups excluding carboxylic acids is 1. The molecule has 0 saturated carbocycles. The van der Waals surface area contributed by atoms with E-state index in [2.05, 4.69) is 40.5 Å². The van der Waals surface area contributed by atoms with Crippen molar-refractivity contribution < 1.29 is 14.3 Å². The lowest BCUT2D eigenvalue weighted by molar-refractivity contribution is 0.0663. The van der Waals surface area contributed by atoms with Gasteiger partial charge in [0.2, 0.25) is 0 Å². The van der Waals surface area contributed by atoms with Gasteiger partial charge in [-0.2, -0.15) is 0 Å². The molecule has 0 atom stereocenters. The number of hydrogen-bond donors (Lipinski definition) is 1. The number of nitrogens with zero attached hydrogens (tertiary/aromatic N) is 1. The van der Waals surface area contributed by atoms with Crippen molar-refractivity contribution in [2.75, 3.05) is 31.2 Å². The van der Waals surface area contributed by atoms with E-state index < -0.39 is 0 Å². The Morgan fingerprint density at radius 1 is 1.15 bits per heavy atom. The number of carbonyl (C=O) groups is 1. The molecule has 2 aliphatic rings. The molecule has 1 saturated heterocycles. The highest BCUT2D eigenvalue weighted by molar-refractivity contribution is 5.71. The molecule has 1 fully saturated rings. The van der Waals surface area contributed by atoms with Gasteiger partial charge >= 0.3 is 6.09 Å². The highest BCUT2D eigenvalue weighted by Gasteiger charge is 2.20. The van der Waals surface area contributed by atoms with Crippen molar-refractivity contribution in [3.05, 3.63) is 59.7 Å². The Labute approximate surface area is 160 Å². The summed E-state index contributed by atoms with van der Waals surface area (Å²) >= 11 is 0. The molecule has 1 amide bonds. The average molecular weight is 366 g/mol. The average Bonchev–Trinajstić information content (AvgIpc) is 3.10. The van der Waals surface area contributed by atoms with Crippen LogP contribution in [0.3, 0.4) is 0 Å². The third kappa shape index (κ3) is 4.61. The SMILES string of the molecule is O=C(NCC1CCOCC1)Oc1ccc2c(c1)CCN2Cc1ccccc1. The fourth-order valence-corrected chi connectivity index (χ4v) is 3.80. The second kappa shape index (κ2) is 8.44. The summed E-state index contributed by atoms with van der Waals surface area (Å²) in [6, 6.07) is 16.4. The zero-order valence-electron chi connectivity index (χ0n) is 15.5. The second-order valence-electron chi connectivity index (χ2n) is 7.27. The Hall–Kier alpha value is -2.53. The summed E-state index contributed by atoms with van der Waals surface area (Å²) in [5.41, 5.74) is 3.77. The van der Waals surface area contributed by atoms with Gasteiger partial charge in [-0.3, -0.25) is 0 Å². The summed E-state index contributed by atoms with van der Waals surface area (Å²) in [5, 5.41) is 2.88. The van der Waals surface area contributed by atoms with E-state index in [9.17, 15) is 4.79 Å². The van der Waals surface area contributed by atoms with Crippen molar-refractivity contribution in [1.82, 2.24) is 5.32 Å². The first-order chi connectivity index (χ1) is 13.3. The molecule has 0 radical (unpaired) electrons. The van der Waals surface area contributed by atoms with E-state index in [1.165, 1.54) is 16.8 Å². The number of ether oxygens (including phenoxy) is 2. The van der Waals surface area contributed by atoms with E-state index in [-0.39, 0.29) is 6.09 Å². The number of benzene rings is 2. The number of fused-ring (bicyclic) bond motifs is 1. The maximum Gasteiger partial charge on any atom is 0.412 e. The van der Waals surface area contributed by atoms with Crippen LogP contribution in [-0.2, 0) is 17.7 Å². The quantitative estimate of drug-likeness (QED) is 0.875. The predicted molar refractivity (Wildman–Crippen MR) is 105 cm³/mol. The van der Waals surface area contributed by atoms with Crippen LogP contribution in [0.25, 0.3) is 0 Å². The highest BCUT2D eigenvalue weighted by Crippen LogP contribution is 2.32. The molecule has 2 heterocycles. The van der Waals surface area contributed by atoms with Gasteiger partial charge in [-0.25, -0.2) is 4.79 Å². The Morgan fingerprint density at radius 3 is 2.78 bits per heavy atom. The third-order valence-corrected chi connectivity index (χ3v) is 5.35. The van der Waals surface area contributed by atoms with E-state index in [0.717, 1.165) is 45.6 Å². The van der Waals surface area contributed by atoms with Crippen LogP contribution in [-0.4, -0.2) is 32.4 Å². The zero-order chi connectivity index (χ0) is 18.5. The van der Waals surface area contributed by atoms with Gasteiger partial charge in [0.1, 0.15) is 5.75 Å². The lowest BCUT2D eigenvalue weighted by Gasteiger charge is -2.22. The molecule has 2 aromatic rings. The number of anilines is 1. The minimum absolute atomic E-state index is 0.374. The molecule has 0 aliphatic carbocycles. The van der Waals surface area contributed by atoms with E-state index >= 15 is 0 Å². The van der Waals surface area contributed by atoms with E-state index in [4.69, 9.17) is 9.47 Å². The smallest absolute Gasteiger partial charge is 0.410 e. The Morgan fingerprint density at radius 2 is 1.96 bits per heavy atom. The first-order valence-electron chi connectivity index (χ1n) is 9.73. The molecule has 2 aromatic carbocycles. The zero-order valence-corrected chi connectivity index (χ0v) is 15.5. The van der Waals surface area contributed by atoms with Crippen molar-refractivity contribution >= 4 is 11.8 Å². The Kier molecular flexibility index (Phi) is 5.58. The van der Waals surface area contributed by atoms with Crippen molar-refractivity contribution in [3.8, 4) is 5.75 Å². The van der Waals surface area contributed by atoms with Crippen LogP contribution in [0, 0.1) is 5.92 Å². The molecule has 0 spiro atoms. The normalized spacial score (nSPS) is 16.8. The first-order valence-corrected chi connectivity index (χ1v) is 9.73. The van der Waals surface area contributed by atoms with Gasteiger partial charge < -0.3 is 19.7 Å². The van der Waals surface area contributed by atoms with Gasteiger partial charge in [0.15, 0.2) is 0 Å². The van der Waals surface area contributed by atoms with E-state index in [0.29, 0.717) is 18.2 Å². The predicted octanol–water partition coefficient (Wildman–Crippen LogP) is 3.76. The van der Waals surface area contributed by atoms with Crippen LogP contribution in [0.5, 0.6) is 5.75 Å². The summed E-state index contributed by atoms with van der Waals surface area (Å²) in [7, 11) is 0. The summed E-state index contributed by atoms with van der Waals surface area (Å²) in [6.45, 7) is 4.11. The number of hydrogen-bond acceptors (Lipinski definition) is 4. The lowest BCUT2D eigenvalue weighted by Crippen LogP contribution is -2.34. The molecule has 27 heavy (non-hydrogen) atoms. The minimum Gasteiger partial charge on any atom is -0.410 e. The van der Waals surface area contributed by atoms with Crippen molar-refractivity contribution in [2.24, 2.45) is 5.92 Å². The maximum absolute atomic E-state index is 12.1. The molecule has 2 aliphatic heterocycles. The van der Waals surface area contributed by atoms with Crippen LogP contribution < -0.4 is 15.0 Å². The van der Waals surface area contributed by atoms with Crippen molar-refractivity contribution in [2.45, 2.75) is 25.8 Å². The fraction of sp³-hybridized carbons (Fsp3) is 0.409. The summed E-state index contributed by atoms with van der Waals surface area (Å²) in [6.07, 6.45) is 2.59. The largest absolute Gasteiger partial charge is 0.412 e. The van der Waals surface area contributed by atoms with Gasteiger partial charge in [0.25, 0.3) is 0 Å². The van der Waals surface area contributed by atoms with E-state index in [1.54, 1.807) is 0 Å². The van der Waals surface area contributed by atoms with E-state index in [1.807, 2.05) is 18.2 Å². The topological polar surface area (TPSA) is 50.8 Å². The van der Waals surface area contributed by atoms with Crippen LogP contribution in [0.4, 0.5) is 10.5 Å². The minimum atomic E-state index is -0.374. The Balaban J connectivity index is 1.32. The third-order valence-electron chi connectivity index (χ3n) is 5.35. The first kappa shape index (κ1) is 17.9. The Bertz CT molecular complexity index is 772. The second-order valence-corrected chi connectivity index (χ2v) is 7.27. The summed E-state index contributed by atoms with van der Waals surface area (Å²) in [4.78, 5) is 14.5. The molecule has 5 heteroatoms.